The number of Topliss-reactive ketones (excluding diaryl/α,β-unsaturated/α-hetero) is 1. The van der Waals surface area contributed by atoms with Gasteiger partial charge in [-0.3, -0.25) is 9.59 Å². The Morgan fingerprint density at radius 3 is 2.42 bits per heavy atom. The van der Waals surface area contributed by atoms with Gasteiger partial charge in [-0.2, -0.15) is 18.4 Å². The van der Waals surface area contributed by atoms with Gasteiger partial charge in [-0.15, -0.1) is 0 Å². The number of amides is 1. The molecule has 0 unspecified atom stereocenters. The maximum absolute atomic E-state index is 12.9. The van der Waals surface area contributed by atoms with Crippen molar-refractivity contribution >= 4 is 17.4 Å². The summed E-state index contributed by atoms with van der Waals surface area (Å²) in [7, 11) is 0. The van der Waals surface area contributed by atoms with Crippen LogP contribution in [-0.4, -0.2) is 24.4 Å². The third-order valence-corrected chi connectivity index (χ3v) is 3.22. The Morgan fingerprint density at radius 2 is 1.92 bits per heavy atom. The number of alkyl halides is 3. The third-order valence-electron chi connectivity index (χ3n) is 3.22. The van der Waals surface area contributed by atoms with E-state index >= 15 is 0 Å². The van der Waals surface area contributed by atoms with Crippen LogP contribution in [0.15, 0.2) is 24.3 Å². The number of benzene rings is 1. The predicted molar refractivity (Wildman–Crippen MR) is 79.9 cm³/mol. The van der Waals surface area contributed by atoms with E-state index in [1.54, 1.807) is 13.8 Å². The summed E-state index contributed by atoms with van der Waals surface area (Å²) in [6.07, 6.45) is -5.38. The molecule has 0 aliphatic rings. The molecule has 1 amide bonds. The minimum Gasteiger partial charge on any atom is -0.371 e. The molecule has 5 nitrogen and oxygen atoms in total. The van der Waals surface area contributed by atoms with Crippen LogP contribution in [0.4, 0.5) is 18.9 Å². The van der Waals surface area contributed by atoms with E-state index in [4.69, 9.17) is 10.00 Å². The van der Waals surface area contributed by atoms with Crippen LogP contribution in [0.5, 0.6) is 0 Å². The smallest absolute Gasteiger partial charge is 0.371 e. The first-order chi connectivity index (χ1) is 11.3. The summed E-state index contributed by atoms with van der Waals surface area (Å²) in [4.78, 5) is 24.3. The highest BCUT2D eigenvalue weighted by Crippen LogP contribution is 2.34. The predicted octanol–water partition coefficient (Wildman–Crippen LogP) is 3.17. The fourth-order valence-electron chi connectivity index (χ4n) is 2.08. The van der Waals surface area contributed by atoms with Crippen LogP contribution in [0.25, 0.3) is 0 Å². The average molecular weight is 342 g/mol. The summed E-state index contributed by atoms with van der Waals surface area (Å²) in [5, 5.41) is 11.1. The van der Waals surface area contributed by atoms with Crippen molar-refractivity contribution in [1.29, 1.82) is 5.26 Å². The van der Waals surface area contributed by atoms with E-state index in [-0.39, 0.29) is 13.0 Å². The Bertz CT molecular complexity index is 638. The lowest BCUT2D eigenvalue weighted by molar-refractivity contribution is -0.137. The molecule has 2 atom stereocenters. The number of ketones is 1. The Morgan fingerprint density at radius 1 is 1.29 bits per heavy atom. The fourth-order valence-corrected chi connectivity index (χ4v) is 2.08. The fraction of sp³-hybridized carbons (Fsp3) is 0.438. The molecule has 0 fully saturated rings. The molecule has 130 valence electrons. The minimum absolute atomic E-state index is 0.209. The van der Waals surface area contributed by atoms with Gasteiger partial charge in [-0.05, 0) is 25.5 Å². The monoisotopic (exact) mass is 342 g/mol. The molecule has 0 saturated heterocycles. The molecule has 0 heterocycles. The molecule has 0 aromatic heterocycles. The average Bonchev–Trinajstić information content (AvgIpc) is 2.52. The highest BCUT2D eigenvalue weighted by atomic mass is 19.4. The molecule has 1 aromatic carbocycles. The molecule has 0 spiro atoms. The maximum Gasteiger partial charge on any atom is 0.418 e. The van der Waals surface area contributed by atoms with Crippen LogP contribution in [-0.2, 0) is 20.5 Å². The zero-order chi connectivity index (χ0) is 18.3. The third kappa shape index (κ3) is 4.80. The van der Waals surface area contributed by atoms with Crippen LogP contribution in [0.1, 0.15) is 25.8 Å². The summed E-state index contributed by atoms with van der Waals surface area (Å²) >= 11 is 0. The summed E-state index contributed by atoms with van der Waals surface area (Å²) in [5.41, 5.74) is -1.56. The minimum atomic E-state index is -4.67. The largest absolute Gasteiger partial charge is 0.418 e. The second-order valence-electron chi connectivity index (χ2n) is 4.85. The second kappa shape index (κ2) is 8.45. The number of hydrogen-bond acceptors (Lipinski definition) is 4. The van der Waals surface area contributed by atoms with Gasteiger partial charge in [-0.25, -0.2) is 0 Å². The van der Waals surface area contributed by atoms with Crippen molar-refractivity contribution in [3.8, 4) is 6.07 Å². The van der Waals surface area contributed by atoms with Crippen LogP contribution in [0.2, 0.25) is 0 Å². The number of halogens is 3. The van der Waals surface area contributed by atoms with Crippen LogP contribution in [0.3, 0.4) is 0 Å². The lowest BCUT2D eigenvalue weighted by atomic mass is 9.98. The number of carbonyl (C=O) groups is 2. The van der Waals surface area contributed by atoms with Crippen molar-refractivity contribution < 1.29 is 27.5 Å². The number of hydrogen-bond donors (Lipinski definition) is 1. The Kier molecular flexibility index (Phi) is 6.92. The van der Waals surface area contributed by atoms with Crippen molar-refractivity contribution in [2.75, 3.05) is 11.9 Å². The van der Waals surface area contributed by atoms with Crippen molar-refractivity contribution in [3.05, 3.63) is 29.8 Å². The zero-order valence-corrected chi connectivity index (χ0v) is 13.2. The highest BCUT2D eigenvalue weighted by Gasteiger charge is 2.36. The van der Waals surface area contributed by atoms with Gasteiger partial charge in [-0.1, -0.05) is 19.1 Å². The summed E-state index contributed by atoms with van der Waals surface area (Å²) in [6, 6.07) is 5.87. The SMILES string of the molecule is CCO[C@H](CC)C(=O)[C@@H](C#N)C(=O)Nc1ccccc1C(F)(F)F. The number of para-hydroxylation sites is 1. The van der Waals surface area contributed by atoms with Gasteiger partial charge in [0, 0.05) is 6.61 Å². The zero-order valence-electron chi connectivity index (χ0n) is 13.2. The van der Waals surface area contributed by atoms with Gasteiger partial charge in [0.1, 0.15) is 6.10 Å². The van der Waals surface area contributed by atoms with Gasteiger partial charge in [0.15, 0.2) is 11.7 Å². The number of rotatable bonds is 7. The van der Waals surface area contributed by atoms with Gasteiger partial charge >= 0.3 is 6.18 Å². The van der Waals surface area contributed by atoms with E-state index in [9.17, 15) is 22.8 Å². The van der Waals surface area contributed by atoms with Crippen molar-refractivity contribution in [1.82, 2.24) is 0 Å². The number of ether oxygens (including phenoxy) is 1. The van der Waals surface area contributed by atoms with E-state index in [1.165, 1.54) is 18.2 Å². The molecule has 8 heteroatoms. The number of nitriles is 1. The standard InChI is InChI=1S/C16H17F3N2O3/c1-3-13(24-4-2)14(22)10(9-20)15(23)21-12-8-6-5-7-11(12)16(17,18)19/h5-8,10,13H,3-4H2,1-2H3,(H,21,23)/t10-,13-/m1/s1. The van der Waals surface area contributed by atoms with E-state index < -0.39 is 41.1 Å². The second-order valence-corrected chi connectivity index (χ2v) is 4.85. The lowest BCUT2D eigenvalue weighted by Crippen LogP contribution is -2.37. The molecule has 0 radical (unpaired) electrons. The summed E-state index contributed by atoms with van der Waals surface area (Å²) < 4.78 is 43.9. The molecule has 0 saturated carbocycles. The van der Waals surface area contributed by atoms with Crippen LogP contribution < -0.4 is 5.32 Å². The van der Waals surface area contributed by atoms with E-state index in [1.807, 2.05) is 5.32 Å². The van der Waals surface area contributed by atoms with Gasteiger partial charge in [0.25, 0.3) is 0 Å². The number of nitrogens with one attached hydrogen (secondary N) is 1. The molecule has 0 aliphatic carbocycles. The van der Waals surface area contributed by atoms with Gasteiger partial charge in [0.2, 0.25) is 5.91 Å². The Labute approximate surface area is 137 Å². The maximum atomic E-state index is 12.9. The number of anilines is 1. The molecule has 24 heavy (non-hydrogen) atoms. The van der Waals surface area contributed by atoms with Crippen LogP contribution in [0, 0.1) is 17.2 Å². The quantitative estimate of drug-likeness (QED) is 0.772. The van der Waals surface area contributed by atoms with Gasteiger partial charge in [0.05, 0.1) is 17.3 Å². The molecule has 0 bridgehead atoms. The lowest BCUT2D eigenvalue weighted by Gasteiger charge is -2.18. The molecule has 1 aromatic rings. The van der Waals surface area contributed by atoms with Crippen molar-refractivity contribution in [2.24, 2.45) is 5.92 Å². The first-order valence-corrected chi connectivity index (χ1v) is 7.28. The Hall–Kier alpha value is -2.40. The number of carbonyl (C=O) groups excluding carboxylic acids is 2. The molecular formula is C16H17F3N2O3. The number of nitrogens with zero attached hydrogens (tertiary/aromatic N) is 1. The first kappa shape index (κ1) is 19.6. The van der Waals surface area contributed by atoms with Crippen LogP contribution >= 0.6 is 0 Å². The van der Waals surface area contributed by atoms with E-state index in [2.05, 4.69) is 0 Å². The molecule has 1 rings (SSSR count). The molecule has 0 aliphatic heterocycles. The van der Waals surface area contributed by atoms with E-state index in [0.29, 0.717) is 0 Å². The summed E-state index contributed by atoms with van der Waals surface area (Å²) in [5.74, 6) is -3.64. The van der Waals surface area contributed by atoms with Crippen molar-refractivity contribution in [3.63, 3.8) is 0 Å². The Balaban J connectivity index is 3.02. The summed E-state index contributed by atoms with van der Waals surface area (Å²) in [6.45, 7) is 3.50. The first-order valence-electron chi connectivity index (χ1n) is 7.28. The van der Waals surface area contributed by atoms with Gasteiger partial charge < -0.3 is 10.1 Å². The van der Waals surface area contributed by atoms with Crippen molar-refractivity contribution in [2.45, 2.75) is 32.5 Å². The molecular weight excluding hydrogens is 325 g/mol. The topological polar surface area (TPSA) is 79.2 Å². The van der Waals surface area contributed by atoms with E-state index in [0.717, 1.165) is 12.1 Å². The highest BCUT2D eigenvalue weighted by molar-refractivity contribution is 6.11. The normalized spacial score (nSPS) is 13.7. The molecule has 1 N–H and O–H groups in total.